The van der Waals surface area contributed by atoms with E-state index < -0.39 is 5.97 Å². The Labute approximate surface area is 67.1 Å². The molecule has 1 aromatic heterocycles. The Hall–Kier alpha value is -1.17. The lowest BCUT2D eigenvalue weighted by atomic mass is 10.7. The van der Waals surface area contributed by atoms with Gasteiger partial charge in [0.15, 0.2) is 0 Å². The first-order chi connectivity index (χ1) is 5.24. The largest absolute Gasteiger partial charge is 0.468 e. The highest BCUT2D eigenvalue weighted by atomic mass is 35.5. The number of ether oxygens (including phenoxy) is 1. The number of rotatable bonds is 2. The molecule has 0 N–H and O–H groups in total. The fraction of sp³-hybridized carbons (Fsp3) is 0.500. The van der Waals surface area contributed by atoms with Crippen LogP contribution in [-0.2, 0) is 16.1 Å². The van der Waals surface area contributed by atoms with E-state index in [0.717, 1.165) is 4.68 Å². The van der Waals surface area contributed by atoms with Crippen LogP contribution in [0.25, 0.3) is 0 Å². The molecular formula is C4H5ClN4O2. The van der Waals surface area contributed by atoms with Gasteiger partial charge in [0.25, 0.3) is 0 Å². The van der Waals surface area contributed by atoms with E-state index in [4.69, 9.17) is 11.6 Å². The average molecular weight is 177 g/mol. The first-order valence-corrected chi connectivity index (χ1v) is 3.10. The van der Waals surface area contributed by atoms with Gasteiger partial charge in [-0.1, -0.05) is 5.10 Å². The summed E-state index contributed by atoms with van der Waals surface area (Å²) in [7, 11) is 1.28. The topological polar surface area (TPSA) is 69.9 Å². The average Bonchev–Trinajstić information content (AvgIpc) is 2.37. The number of methoxy groups -OCH3 is 1. The Balaban J connectivity index is 2.64. The Bertz CT molecular complexity index is 260. The van der Waals surface area contributed by atoms with E-state index >= 15 is 0 Å². The van der Waals surface area contributed by atoms with Gasteiger partial charge in [0.1, 0.15) is 6.54 Å². The molecule has 0 aliphatic carbocycles. The van der Waals surface area contributed by atoms with E-state index in [0.29, 0.717) is 0 Å². The molecule has 6 nitrogen and oxygen atoms in total. The maximum absolute atomic E-state index is 10.6. The van der Waals surface area contributed by atoms with Crippen molar-refractivity contribution < 1.29 is 9.53 Å². The molecule has 60 valence electrons. The van der Waals surface area contributed by atoms with Gasteiger partial charge in [0, 0.05) is 0 Å². The normalized spacial score (nSPS) is 9.64. The van der Waals surface area contributed by atoms with Crippen LogP contribution < -0.4 is 0 Å². The van der Waals surface area contributed by atoms with Crippen LogP contribution in [0.3, 0.4) is 0 Å². The van der Waals surface area contributed by atoms with Gasteiger partial charge in [-0.2, -0.15) is 0 Å². The monoisotopic (exact) mass is 176 g/mol. The molecule has 0 fully saturated rings. The first kappa shape index (κ1) is 7.93. The molecule has 1 rings (SSSR count). The highest BCUT2D eigenvalue weighted by molar-refractivity contribution is 6.28. The number of hydrogen-bond acceptors (Lipinski definition) is 5. The standard InChI is InChI=1S/C4H5ClN4O2/c1-11-3(10)2-9-4(5)6-7-8-9/h2H2,1H3. The van der Waals surface area contributed by atoms with Crippen LogP contribution in [-0.4, -0.2) is 33.3 Å². The van der Waals surface area contributed by atoms with Crippen molar-refractivity contribution in [2.24, 2.45) is 0 Å². The lowest BCUT2D eigenvalue weighted by Crippen LogP contribution is -2.12. The molecule has 0 unspecified atom stereocenters. The number of esters is 1. The lowest BCUT2D eigenvalue weighted by molar-refractivity contribution is -0.141. The van der Waals surface area contributed by atoms with E-state index in [2.05, 4.69) is 20.3 Å². The smallest absolute Gasteiger partial charge is 0.327 e. The molecule has 1 aromatic rings. The number of halogens is 1. The minimum atomic E-state index is -0.445. The fourth-order valence-electron chi connectivity index (χ4n) is 0.477. The van der Waals surface area contributed by atoms with Gasteiger partial charge in [-0.15, -0.1) is 0 Å². The second kappa shape index (κ2) is 3.29. The van der Waals surface area contributed by atoms with Gasteiger partial charge >= 0.3 is 5.97 Å². The van der Waals surface area contributed by atoms with E-state index in [1.165, 1.54) is 7.11 Å². The minimum absolute atomic E-state index is 0.0652. The molecule has 0 radical (unpaired) electrons. The summed E-state index contributed by atoms with van der Waals surface area (Å²) in [4.78, 5) is 10.6. The highest BCUT2D eigenvalue weighted by Crippen LogP contribution is 1.98. The zero-order chi connectivity index (χ0) is 8.27. The predicted octanol–water partition coefficient (Wildman–Crippen LogP) is -0.501. The maximum Gasteiger partial charge on any atom is 0.327 e. The van der Waals surface area contributed by atoms with Crippen molar-refractivity contribution in [1.29, 1.82) is 0 Å². The number of carbonyl (C=O) groups is 1. The van der Waals surface area contributed by atoms with Crippen LogP contribution in [0.15, 0.2) is 0 Å². The zero-order valence-corrected chi connectivity index (χ0v) is 6.45. The van der Waals surface area contributed by atoms with Gasteiger partial charge in [0.2, 0.25) is 5.28 Å². The molecule has 0 aliphatic rings. The van der Waals surface area contributed by atoms with E-state index in [-0.39, 0.29) is 11.8 Å². The van der Waals surface area contributed by atoms with Crippen LogP contribution in [0.4, 0.5) is 0 Å². The SMILES string of the molecule is COC(=O)Cn1nnnc1Cl. The fourth-order valence-corrected chi connectivity index (χ4v) is 0.605. The minimum Gasteiger partial charge on any atom is -0.468 e. The van der Waals surface area contributed by atoms with Crippen molar-refractivity contribution in [2.45, 2.75) is 6.54 Å². The molecule has 0 aromatic carbocycles. The van der Waals surface area contributed by atoms with Crippen molar-refractivity contribution in [2.75, 3.05) is 7.11 Å². The van der Waals surface area contributed by atoms with Crippen molar-refractivity contribution in [1.82, 2.24) is 20.2 Å². The van der Waals surface area contributed by atoms with Gasteiger partial charge < -0.3 is 4.74 Å². The molecule has 7 heteroatoms. The quantitative estimate of drug-likeness (QED) is 0.568. The Morgan fingerprint density at radius 1 is 1.82 bits per heavy atom. The molecule has 0 atom stereocenters. The molecule has 0 amide bonds. The van der Waals surface area contributed by atoms with Gasteiger partial charge in [-0.05, 0) is 22.0 Å². The summed E-state index contributed by atoms with van der Waals surface area (Å²) in [5.74, 6) is -0.445. The molecule has 1 heterocycles. The summed E-state index contributed by atoms with van der Waals surface area (Å²) in [6.45, 7) is -0.0671. The van der Waals surface area contributed by atoms with Crippen molar-refractivity contribution in [3.8, 4) is 0 Å². The molecule has 0 saturated carbocycles. The Morgan fingerprint density at radius 2 is 2.55 bits per heavy atom. The summed E-state index contributed by atoms with van der Waals surface area (Å²) >= 11 is 5.46. The Morgan fingerprint density at radius 3 is 3.00 bits per heavy atom. The molecule has 0 saturated heterocycles. The molecule has 0 spiro atoms. The lowest BCUT2D eigenvalue weighted by Gasteiger charge is -1.96. The van der Waals surface area contributed by atoms with Crippen LogP contribution in [0.5, 0.6) is 0 Å². The zero-order valence-electron chi connectivity index (χ0n) is 5.69. The van der Waals surface area contributed by atoms with E-state index in [1.54, 1.807) is 0 Å². The van der Waals surface area contributed by atoms with Crippen LogP contribution in [0.1, 0.15) is 0 Å². The van der Waals surface area contributed by atoms with Gasteiger partial charge in [0.05, 0.1) is 7.11 Å². The molecule has 0 aliphatic heterocycles. The first-order valence-electron chi connectivity index (χ1n) is 2.72. The molecule has 11 heavy (non-hydrogen) atoms. The van der Waals surface area contributed by atoms with E-state index in [9.17, 15) is 4.79 Å². The van der Waals surface area contributed by atoms with Crippen LogP contribution in [0, 0.1) is 0 Å². The molecule has 0 bridgehead atoms. The summed E-state index contributed by atoms with van der Waals surface area (Å²) in [5, 5.41) is 10.1. The number of nitrogens with zero attached hydrogens (tertiary/aromatic N) is 4. The predicted molar refractivity (Wildman–Crippen MR) is 34.8 cm³/mol. The summed E-state index contributed by atoms with van der Waals surface area (Å²) in [6, 6.07) is 0. The van der Waals surface area contributed by atoms with Crippen molar-refractivity contribution in [3.63, 3.8) is 0 Å². The Kier molecular flexibility index (Phi) is 2.37. The van der Waals surface area contributed by atoms with Gasteiger partial charge in [-0.3, -0.25) is 4.79 Å². The van der Waals surface area contributed by atoms with Crippen LogP contribution in [0.2, 0.25) is 5.28 Å². The third-order valence-corrected chi connectivity index (χ3v) is 1.27. The summed E-state index contributed by atoms with van der Waals surface area (Å²) in [5.41, 5.74) is 0. The summed E-state index contributed by atoms with van der Waals surface area (Å²) < 4.78 is 5.50. The third kappa shape index (κ3) is 1.87. The van der Waals surface area contributed by atoms with Crippen molar-refractivity contribution in [3.05, 3.63) is 5.28 Å². The molecular weight excluding hydrogens is 172 g/mol. The van der Waals surface area contributed by atoms with Gasteiger partial charge in [-0.25, -0.2) is 4.68 Å². The number of carbonyl (C=O) groups excluding carboxylic acids is 1. The number of hydrogen-bond donors (Lipinski definition) is 0. The summed E-state index contributed by atoms with van der Waals surface area (Å²) in [6.07, 6.45) is 0. The maximum atomic E-state index is 10.6. The van der Waals surface area contributed by atoms with Crippen molar-refractivity contribution >= 4 is 17.6 Å². The van der Waals surface area contributed by atoms with E-state index in [1.807, 2.05) is 0 Å². The second-order valence-corrected chi connectivity index (χ2v) is 2.02. The van der Waals surface area contributed by atoms with Crippen LogP contribution >= 0.6 is 11.6 Å². The second-order valence-electron chi connectivity index (χ2n) is 1.68. The number of tetrazole rings is 1. The third-order valence-electron chi connectivity index (χ3n) is 0.995. The number of aromatic nitrogens is 4. The highest BCUT2D eigenvalue weighted by Gasteiger charge is 2.07.